The third-order valence-corrected chi connectivity index (χ3v) is 3.56. The Morgan fingerprint density at radius 1 is 1.00 bits per heavy atom. The maximum Gasteiger partial charge on any atom is 0.244 e. The van der Waals surface area contributed by atoms with E-state index in [-0.39, 0.29) is 5.82 Å². The molecule has 0 aliphatic heterocycles. The van der Waals surface area contributed by atoms with Crippen molar-refractivity contribution in [1.29, 1.82) is 0 Å². The van der Waals surface area contributed by atoms with Crippen molar-refractivity contribution >= 4 is 11.8 Å². The smallest absolute Gasteiger partial charge is 0.244 e. The molecule has 122 valence electrons. The van der Waals surface area contributed by atoms with Crippen molar-refractivity contribution in [2.75, 3.05) is 17.3 Å². The lowest BCUT2D eigenvalue weighted by Crippen LogP contribution is -2.19. The first-order valence-corrected chi connectivity index (χ1v) is 7.64. The van der Waals surface area contributed by atoms with Crippen LogP contribution in [0.5, 0.6) is 0 Å². The van der Waals surface area contributed by atoms with Gasteiger partial charge in [-0.05, 0) is 23.3 Å². The van der Waals surface area contributed by atoms with Crippen molar-refractivity contribution in [2.24, 2.45) is 0 Å². The first-order chi connectivity index (χ1) is 11.7. The van der Waals surface area contributed by atoms with Crippen LogP contribution in [-0.2, 0) is 13.1 Å². The summed E-state index contributed by atoms with van der Waals surface area (Å²) in [6.07, 6.45) is 1.63. The van der Waals surface area contributed by atoms with Gasteiger partial charge in [-0.25, -0.2) is 4.39 Å². The molecule has 3 aromatic rings. The van der Waals surface area contributed by atoms with Gasteiger partial charge >= 0.3 is 0 Å². The van der Waals surface area contributed by atoms with Crippen molar-refractivity contribution in [3.63, 3.8) is 0 Å². The number of hydrogen-bond donors (Lipinski definition) is 1. The molecule has 0 spiro atoms. The molecule has 5 nitrogen and oxygen atoms in total. The highest BCUT2D eigenvalue weighted by molar-refractivity contribution is 5.40. The van der Waals surface area contributed by atoms with Gasteiger partial charge in [0.2, 0.25) is 5.95 Å². The fourth-order valence-corrected chi connectivity index (χ4v) is 2.28. The van der Waals surface area contributed by atoms with Crippen LogP contribution in [0.3, 0.4) is 0 Å². The molecule has 24 heavy (non-hydrogen) atoms. The summed E-state index contributed by atoms with van der Waals surface area (Å²) in [6, 6.07) is 16.5. The lowest BCUT2D eigenvalue weighted by atomic mass is 10.2. The van der Waals surface area contributed by atoms with Crippen LogP contribution in [0.4, 0.5) is 16.2 Å². The minimum absolute atomic E-state index is 0.249. The molecule has 0 saturated heterocycles. The first-order valence-electron chi connectivity index (χ1n) is 7.64. The largest absolute Gasteiger partial charge is 0.354 e. The van der Waals surface area contributed by atoms with E-state index >= 15 is 0 Å². The average molecular weight is 323 g/mol. The van der Waals surface area contributed by atoms with Gasteiger partial charge in [0.25, 0.3) is 0 Å². The minimum atomic E-state index is -0.249. The van der Waals surface area contributed by atoms with Gasteiger partial charge in [-0.1, -0.05) is 42.5 Å². The number of halogens is 1. The quantitative estimate of drug-likeness (QED) is 0.754. The standard InChI is InChI=1S/C18H18FN5/c1-24(13-15-5-3-2-4-6-15)17-12-21-23-18(22-17)20-11-14-7-9-16(19)10-8-14/h2-10,12H,11,13H2,1H3,(H,20,22,23). The Balaban J connectivity index is 1.64. The van der Waals surface area contributed by atoms with E-state index in [1.54, 1.807) is 18.3 Å². The van der Waals surface area contributed by atoms with E-state index in [2.05, 4.69) is 32.6 Å². The summed E-state index contributed by atoms with van der Waals surface area (Å²) in [4.78, 5) is 6.48. The molecule has 0 amide bonds. The molecule has 0 bridgehead atoms. The summed E-state index contributed by atoms with van der Waals surface area (Å²) in [5, 5.41) is 11.1. The maximum atomic E-state index is 12.9. The molecule has 1 N–H and O–H groups in total. The number of benzene rings is 2. The maximum absolute atomic E-state index is 12.9. The Hall–Kier alpha value is -3.02. The SMILES string of the molecule is CN(Cc1ccccc1)c1cnnc(NCc2ccc(F)cc2)n1. The number of anilines is 2. The van der Waals surface area contributed by atoms with Gasteiger partial charge in [-0.15, -0.1) is 5.10 Å². The molecule has 2 aromatic carbocycles. The van der Waals surface area contributed by atoms with Crippen LogP contribution in [0.15, 0.2) is 60.8 Å². The van der Waals surface area contributed by atoms with Crippen molar-refractivity contribution in [3.8, 4) is 0 Å². The Labute approximate surface area is 140 Å². The van der Waals surface area contributed by atoms with Gasteiger partial charge in [-0.2, -0.15) is 10.1 Å². The van der Waals surface area contributed by atoms with E-state index in [1.807, 2.05) is 30.1 Å². The van der Waals surface area contributed by atoms with E-state index < -0.39 is 0 Å². The normalized spacial score (nSPS) is 10.4. The monoisotopic (exact) mass is 323 g/mol. The molecule has 6 heteroatoms. The Bertz CT molecular complexity index is 777. The molecular weight excluding hydrogens is 305 g/mol. The molecule has 0 aliphatic rings. The molecule has 0 fully saturated rings. The van der Waals surface area contributed by atoms with Crippen molar-refractivity contribution in [2.45, 2.75) is 13.1 Å². The van der Waals surface area contributed by atoms with E-state index in [1.165, 1.54) is 17.7 Å². The van der Waals surface area contributed by atoms with Crippen molar-refractivity contribution in [3.05, 3.63) is 77.7 Å². The first kappa shape index (κ1) is 15.9. The van der Waals surface area contributed by atoms with Crippen LogP contribution in [0.1, 0.15) is 11.1 Å². The van der Waals surface area contributed by atoms with E-state index in [4.69, 9.17) is 0 Å². The molecule has 1 heterocycles. The highest BCUT2D eigenvalue weighted by Gasteiger charge is 2.06. The highest BCUT2D eigenvalue weighted by Crippen LogP contribution is 2.13. The molecule has 0 radical (unpaired) electrons. The number of nitrogens with zero attached hydrogens (tertiary/aromatic N) is 4. The van der Waals surface area contributed by atoms with E-state index in [9.17, 15) is 4.39 Å². The van der Waals surface area contributed by atoms with Crippen molar-refractivity contribution in [1.82, 2.24) is 15.2 Å². The van der Waals surface area contributed by atoms with Crippen molar-refractivity contribution < 1.29 is 4.39 Å². The molecule has 0 atom stereocenters. The van der Waals surface area contributed by atoms with Gasteiger partial charge in [0.1, 0.15) is 5.82 Å². The fourth-order valence-electron chi connectivity index (χ4n) is 2.28. The Morgan fingerprint density at radius 3 is 2.50 bits per heavy atom. The number of rotatable bonds is 6. The van der Waals surface area contributed by atoms with Crippen LogP contribution >= 0.6 is 0 Å². The molecular formula is C18H18FN5. The van der Waals surface area contributed by atoms with Gasteiger partial charge in [0, 0.05) is 20.1 Å². The zero-order valence-electron chi connectivity index (χ0n) is 13.4. The molecule has 0 unspecified atom stereocenters. The summed E-state index contributed by atoms with van der Waals surface area (Å²) < 4.78 is 12.9. The summed E-state index contributed by atoms with van der Waals surface area (Å²) in [5.74, 6) is 0.924. The molecule has 1 aromatic heterocycles. The zero-order chi connectivity index (χ0) is 16.8. The van der Waals surface area contributed by atoms with Gasteiger partial charge in [0.05, 0.1) is 6.20 Å². The van der Waals surface area contributed by atoms with E-state index in [0.29, 0.717) is 12.5 Å². The second-order valence-electron chi connectivity index (χ2n) is 5.46. The highest BCUT2D eigenvalue weighted by atomic mass is 19.1. The van der Waals surface area contributed by atoms with Crippen LogP contribution < -0.4 is 10.2 Å². The van der Waals surface area contributed by atoms with Crippen LogP contribution in [-0.4, -0.2) is 22.2 Å². The predicted octanol–water partition coefficient (Wildman–Crippen LogP) is 3.26. The van der Waals surface area contributed by atoms with Gasteiger partial charge < -0.3 is 10.2 Å². The molecule has 0 aliphatic carbocycles. The fraction of sp³-hybridized carbons (Fsp3) is 0.167. The zero-order valence-corrected chi connectivity index (χ0v) is 13.4. The summed E-state index contributed by atoms with van der Waals surface area (Å²) >= 11 is 0. The third kappa shape index (κ3) is 4.25. The number of nitrogens with one attached hydrogen (secondary N) is 1. The van der Waals surface area contributed by atoms with Gasteiger partial charge in [-0.3, -0.25) is 0 Å². The average Bonchev–Trinajstić information content (AvgIpc) is 2.62. The van der Waals surface area contributed by atoms with Crippen LogP contribution in [0.25, 0.3) is 0 Å². The predicted molar refractivity (Wildman–Crippen MR) is 92.1 cm³/mol. The summed E-state index contributed by atoms with van der Waals surface area (Å²) in [7, 11) is 1.96. The topological polar surface area (TPSA) is 53.9 Å². The van der Waals surface area contributed by atoms with Crippen LogP contribution in [0.2, 0.25) is 0 Å². The van der Waals surface area contributed by atoms with Gasteiger partial charge in [0.15, 0.2) is 5.82 Å². The summed E-state index contributed by atoms with van der Waals surface area (Å²) in [5.41, 5.74) is 2.14. The lowest BCUT2D eigenvalue weighted by Gasteiger charge is -2.18. The summed E-state index contributed by atoms with van der Waals surface area (Å²) in [6.45, 7) is 1.24. The number of aromatic nitrogens is 3. The lowest BCUT2D eigenvalue weighted by molar-refractivity contribution is 0.627. The Morgan fingerprint density at radius 2 is 1.75 bits per heavy atom. The second-order valence-corrected chi connectivity index (χ2v) is 5.46. The molecule has 3 rings (SSSR count). The number of hydrogen-bond acceptors (Lipinski definition) is 5. The second kappa shape index (κ2) is 7.50. The van der Waals surface area contributed by atoms with Crippen LogP contribution in [0, 0.1) is 5.82 Å². The molecule has 0 saturated carbocycles. The van der Waals surface area contributed by atoms with E-state index in [0.717, 1.165) is 17.9 Å². The third-order valence-electron chi connectivity index (χ3n) is 3.56. The minimum Gasteiger partial charge on any atom is -0.354 e. The Kier molecular flexibility index (Phi) is 4.96.